The van der Waals surface area contributed by atoms with Gasteiger partial charge in [0, 0.05) is 0 Å². The first kappa shape index (κ1) is 10.3. The van der Waals surface area contributed by atoms with Gasteiger partial charge in [0.1, 0.15) is 0 Å². The monoisotopic (exact) mass is 191 g/mol. The van der Waals surface area contributed by atoms with E-state index in [2.05, 4.69) is 11.6 Å². The Kier molecular flexibility index (Phi) is 4.99. The molecule has 1 heterocycles. The summed E-state index contributed by atoms with van der Waals surface area (Å²) >= 11 is 1.85. The van der Waals surface area contributed by atoms with Crippen molar-refractivity contribution in [3.05, 3.63) is 0 Å². The van der Waals surface area contributed by atoms with Crippen molar-refractivity contribution < 1.29 is 9.84 Å². The van der Waals surface area contributed by atoms with Crippen LogP contribution in [0.25, 0.3) is 0 Å². The summed E-state index contributed by atoms with van der Waals surface area (Å²) in [7, 11) is 0. The maximum Gasteiger partial charge on any atom is 0.0948 e. The second-order valence-electron chi connectivity index (χ2n) is 3.01. The molecule has 1 fully saturated rings. The molecule has 0 radical (unpaired) electrons. The van der Waals surface area contributed by atoms with Crippen LogP contribution in [0.15, 0.2) is 0 Å². The Hall–Kier alpha value is 0.230. The highest BCUT2D eigenvalue weighted by atomic mass is 32.2. The van der Waals surface area contributed by atoms with Gasteiger partial charge in [-0.3, -0.25) is 0 Å². The van der Waals surface area contributed by atoms with E-state index < -0.39 is 0 Å². The number of ether oxygens (including phenoxy) is 1. The lowest BCUT2D eigenvalue weighted by Gasteiger charge is -2.13. The minimum absolute atomic E-state index is 0.159. The highest BCUT2D eigenvalue weighted by Gasteiger charge is 2.24. The van der Waals surface area contributed by atoms with E-state index in [0.29, 0.717) is 13.2 Å². The van der Waals surface area contributed by atoms with E-state index in [1.165, 1.54) is 5.75 Å². The number of rotatable bonds is 5. The van der Waals surface area contributed by atoms with Crippen molar-refractivity contribution in [3.63, 3.8) is 0 Å². The molecule has 0 bridgehead atoms. The molecule has 4 heteroatoms. The summed E-state index contributed by atoms with van der Waals surface area (Å²) < 4.78 is 5.11. The van der Waals surface area contributed by atoms with Crippen LogP contribution in [0, 0.1) is 0 Å². The molecule has 0 amide bonds. The standard InChI is InChI=1S/C8H17NO2S/c1-12-4-2-3-9-7-5-11-6-8(7)10/h7-10H,2-6H2,1H3. The summed E-state index contributed by atoms with van der Waals surface area (Å²) in [5.74, 6) is 1.18. The van der Waals surface area contributed by atoms with E-state index in [9.17, 15) is 5.11 Å². The van der Waals surface area contributed by atoms with Gasteiger partial charge in [0.2, 0.25) is 0 Å². The van der Waals surface area contributed by atoms with Crippen LogP contribution < -0.4 is 5.32 Å². The van der Waals surface area contributed by atoms with E-state index >= 15 is 0 Å². The van der Waals surface area contributed by atoms with E-state index in [0.717, 1.165) is 13.0 Å². The quantitative estimate of drug-likeness (QED) is 0.604. The Morgan fingerprint density at radius 3 is 3.00 bits per heavy atom. The summed E-state index contributed by atoms with van der Waals surface area (Å²) in [4.78, 5) is 0. The molecule has 1 aliphatic heterocycles. The predicted octanol–water partition coefficient (Wildman–Crippen LogP) is 0.0888. The second-order valence-corrected chi connectivity index (χ2v) is 4.00. The molecule has 1 rings (SSSR count). The van der Waals surface area contributed by atoms with E-state index in [1.54, 1.807) is 0 Å². The number of aliphatic hydroxyl groups is 1. The van der Waals surface area contributed by atoms with Gasteiger partial charge in [0.05, 0.1) is 25.4 Å². The maximum atomic E-state index is 9.35. The Balaban J connectivity index is 1.98. The molecule has 0 aromatic heterocycles. The first-order chi connectivity index (χ1) is 5.84. The molecule has 2 unspecified atom stereocenters. The fourth-order valence-corrected chi connectivity index (χ4v) is 1.67. The van der Waals surface area contributed by atoms with Gasteiger partial charge < -0.3 is 15.2 Å². The van der Waals surface area contributed by atoms with E-state index in [1.807, 2.05) is 11.8 Å². The number of thioether (sulfide) groups is 1. The zero-order chi connectivity index (χ0) is 8.81. The smallest absolute Gasteiger partial charge is 0.0948 e. The minimum Gasteiger partial charge on any atom is -0.389 e. The third-order valence-corrected chi connectivity index (χ3v) is 2.68. The van der Waals surface area contributed by atoms with Crippen LogP contribution in [0.3, 0.4) is 0 Å². The summed E-state index contributed by atoms with van der Waals surface area (Å²) in [5.41, 5.74) is 0. The van der Waals surface area contributed by atoms with Gasteiger partial charge in [-0.05, 0) is 25.0 Å². The minimum atomic E-state index is -0.306. The van der Waals surface area contributed by atoms with Gasteiger partial charge in [-0.15, -0.1) is 0 Å². The highest BCUT2D eigenvalue weighted by Crippen LogP contribution is 2.04. The van der Waals surface area contributed by atoms with Crippen molar-refractivity contribution in [2.24, 2.45) is 0 Å². The molecule has 0 aromatic carbocycles. The Bertz CT molecular complexity index is 124. The zero-order valence-electron chi connectivity index (χ0n) is 7.45. The van der Waals surface area contributed by atoms with Crippen molar-refractivity contribution >= 4 is 11.8 Å². The van der Waals surface area contributed by atoms with Gasteiger partial charge in [-0.2, -0.15) is 11.8 Å². The molecule has 3 nitrogen and oxygen atoms in total. The third kappa shape index (κ3) is 3.31. The number of nitrogens with one attached hydrogen (secondary N) is 1. The zero-order valence-corrected chi connectivity index (χ0v) is 8.27. The first-order valence-electron chi connectivity index (χ1n) is 4.32. The van der Waals surface area contributed by atoms with Crippen LogP contribution in [0.5, 0.6) is 0 Å². The first-order valence-corrected chi connectivity index (χ1v) is 5.72. The van der Waals surface area contributed by atoms with Crippen LogP contribution in [0.2, 0.25) is 0 Å². The van der Waals surface area contributed by atoms with Crippen LogP contribution in [0.1, 0.15) is 6.42 Å². The van der Waals surface area contributed by atoms with E-state index in [4.69, 9.17) is 4.74 Å². The Morgan fingerprint density at radius 1 is 1.58 bits per heavy atom. The normalized spacial score (nSPS) is 29.5. The van der Waals surface area contributed by atoms with Crippen molar-refractivity contribution in [1.29, 1.82) is 0 Å². The van der Waals surface area contributed by atoms with Crippen molar-refractivity contribution in [2.75, 3.05) is 31.8 Å². The molecule has 2 N–H and O–H groups in total. The molecule has 1 saturated heterocycles. The molecule has 0 aliphatic carbocycles. The van der Waals surface area contributed by atoms with E-state index in [-0.39, 0.29) is 12.1 Å². The fraction of sp³-hybridized carbons (Fsp3) is 1.00. The highest BCUT2D eigenvalue weighted by molar-refractivity contribution is 7.98. The molecular formula is C8H17NO2S. The van der Waals surface area contributed by atoms with Crippen molar-refractivity contribution in [1.82, 2.24) is 5.32 Å². The van der Waals surface area contributed by atoms with Gasteiger partial charge in [-0.1, -0.05) is 0 Å². The Labute approximate surface area is 77.9 Å². The second kappa shape index (κ2) is 5.80. The lowest BCUT2D eigenvalue weighted by Crippen LogP contribution is -2.39. The number of aliphatic hydroxyl groups excluding tert-OH is 1. The van der Waals surface area contributed by atoms with Gasteiger partial charge in [-0.25, -0.2) is 0 Å². The van der Waals surface area contributed by atoms with Gasteiger partial charge >= 0.3 is 0 Å². The lowest BCUT2D eigenvalue weighted by atomic mass is 10.2. The molecule has 72 valence electrons. The largest absolute Gasteiger partial charge is 0.389 e. The topological polar surface area (TPSA) is 41.5 Å². The number of hydrogen-bond donors (Lipinski definition) is 2. The molecule has 0 spiro atoms. The predicted molar refractivity (Wildman–Crippen MR) is 51.6 cm³/mol. The van der Waals surface area contributed by atoms with Crippen LogP contribution in [0.4, 0.5) is 0 Å². The van der Waals surface area contributed by atoms with Crippen LogP contribution in [-0.4, -0.2) is 49.0 Å². The molecule has 1 aliphatic rings. The SMILES string of the molecule is CSCCCNC1COCC1O. The summed E-state index contributed by atoms with van der Waals surface area (Å²) in [6, 6.07) is 0.159. The van der Waals surface area contributed by atoms with Crippen molar-refractivity contribution in [3.8, 4) is 0 Å². The number of hydrogen-bond acceptors (Lipinski definition) is 4. The summed E-state index contributed by atoms with van der Waals surface area (Å²) in [6.45, 7) is 2.12. The molecule has 0 saturated carbocycles. The summed E-state index contributed by atoms with van der Waals surface area (Å²) in [6.07, 6.45) is 2.96. The average molecular weight is 191 g/mol. The van der Waals surface area contributed by atoms with Crippen LogP contribution in [-0.2, 0) is 4.74 Å². The summed E-state index contributed by atoms with van der Waals surface area (Å²) in [5, 5.41) is 12.6. The van der Waals surface area contributed by atoms with Crippen LogP contribution >= 0.6 is 11.8 Å². The molecule has 2 atom stereocenters. The molecule has 12 heavy (non-hydrogen) atoms. The lowest BCUT2D eigenvalue weighted by molar-refractivity contribution is 0.122. The average Bonchev–Trinajstić information content (AvgIpc) is 2.46. The fourth-order valence-electron chi connectivity index (χ4n) is 1.24. The maximum absolute atomic E-state index is 9.35. The molecular weight excluding hydrogens is 174 g/mol. The van der Waals surface area contributed by atoms with Crippen molar-refractivity contribution in [2.45, 2.75) is 18.6 Å². The Morgan fingerprint density at radius 2 is 2.42 bits per heavy atom. The molecule has 0 aromatic rings. The van der Waals surface area contributed by atoms with Gasteiger partial charge in [0.25, 0.3) is 0 Å². The third-order valence-electron chi connectivity index (χ3n) is 1.98. The van der Waals surface area contributed by atoms with Gasteiger partial charge in [0.15, 0.2) is 0 Å².